The van der Waals surface area contributed by atoms with Crippen molar-refractivity contribution in [3.05, 3.63) is 65.7 Å². The Kier molecular flexibility index (Phi) is 8.19. The lowest BCUT2D eigenvalue weighted by Crippen LogP contribution is -2.57. The Morgan fingerprint density at radius 1 is 1.00 bits per heavy atom. The van der Waals surface area contributed by atoms with Crippen LogP contribution in [-0.2, 0) is 20.9 Å². The maximum atomic E-state index is 13.8. The van der Waals surface area contributed by atoms with Crippen LogP contribution in [0.4, 0.5) is 10.5 Å². The van der Waals surface area contributed by atoms with Gasteiger partial charge in [0.15, 0.2) is 6.61 Å². The maximum Gasteiger partial charge on any atom is 0.407 e. The summed E-state index contributed by atoms with van der Waals surface area (Å²) in [6.45, 7) is 5.70. The van der Waals surface area contributed by atoms with Crippen LogP contribution in [0.3, 0.4) is 0 Å². The summed E-state index contributed by atoms with van der Waals surface area (Å²) in [5.74, 6) is -0.893. The molecule has 3 amide bonds. The number of para-hydroxylation sites is 1. The molecule has 2 heterocycles. The van der Waals surface area contributed by atoms with Gasteiger partial charge < -0.3 is 29.4 Å². The van der Waals surface area contributed by atoms with Crippen molar-refractivity contribution in [2.75, 3.05) is 44.4 Å². The van der Waals surface area contributed by atoms with E-state index in [2.05, 4.69) is 4.90 Å². The van der Waals surface area contributed by atoms with Gasteiger partial charge in [-0.2, -0.15) is 0 Å². The summed E-state index contributed by atoms with van der Waals surface area (Å²) in [5.41, 5.74) is 1.15. The second-order valence-electron chi connectivity index (χ2n) is 9.55. The van der Waals surface area contributed by atoms with E-state index >= 15 is 0 Å². The third-order valence-corrected chi connectivity index (χ3v) is 7.42. The molecule has 0 saturated carbocycles. The van der Waals surface area contributed by atoms with Crippen LogP contribution in [0.5, 0.6) is 0 Å². The van der Waals surface area contributed by atoms with Crippen molar-refractivity contribution in [2.24, 2.45) is 0 Å². The SMILES string of the molecule is CCN(CC)C(=O)COC(=O)c1cccc(CN2CN(c3ccccc3)C3(CCN(C(=O)O)CC3)C2=O)c1. The average molecular weight is 523 g/mol. The number of rotatable bonds is 8. The second kappa shape index (κ2) is 11.5. The molecule has 2 saturated heterocycles. The van der Waals surface area contributed by atoms with E-state index in [4.69, 9.17) is 4.74 Å². The van der Waals surface area contributed by atoms with Crippen molar-refractivity contribution in [3.63, 3.8) is 0 Å². The molecule has 38 heavy (non-hydrogen) atoms. The standard InChI is InChI=1S/C28H34N4O6/c1-3-29(4-2)24(33)19-38-25(34)22-10-8-9-21(17-22)18-31-20-32(23-11-6-5-7-12-23)28(26(31)35)13-15-30(16-14-28)27(36)37/h5-12,17H,3-4,13-16,18-20H2,1-2H3,(H,36,37). The number of piperidine rings is 1. The van der Waals surface area contributed by atoms with E-state index in [-0.39, 0.29) is 38.1 Å². The zero-order valence-corrected chi connectivity index (χ0v) is 21.8. The number of carboxylic acid groups (broad SMARTS) is 1. The number of ether oxygens (including phenoxy) is 1. The van der Waals surface area contributed by atoms with Gasteiger partial charge in [-0.05, 0) is 56.5 Å². The van der Waals surface area contributed by atoms with Crippen LogP contribution in [-0.4, -0.2) is 88.7 Å². The van der Waals surface area contributed by atoms with Crippen LogP contribution in [0.1, 0.15) is 42.6 Å². The van der Waals surface area contributed by atoms with Gasteiger partial charge in [-0.15, -0.1) is 0 Å². The van der Waals surface area contributed by atoms with Crippen molar-refractivity contribution in [2.45, 2.75) is 38.8 Å². The van der Waals surface area contributed by atoms with Crippen molar-refractivity contribution in [1.29, 1.82) is 0 Å². The predicted molar refractivity (Wildman–Crippen MR) is 141 cm³/mol. The quantitative estimate of drug-likeness (QED) is 0.531. The number of amides is 3. The summed E-state index contributed by atoms with van der Waals surface area (Å²) in [7, 11) is 0. The normalized spacial score (nSPS) is 16.6. The van der Waals surface area contributed by atoms with Crippen LogP contribution in [0.2, 0.25) is 0 Å². The largest absolute Gasteiger partial charge is 0.465 e. The third-order valence-electron chi connectivity index (χ3n) is 7.42. The summed E-state index contributed by atoms with van der Waals surface area (Å²) < 4.78 is 5.24. The lowest BCUT2D eigenvalue weighted by atomic mass is 9.85. The number of hydrogen-bond donors (Lipinski definition) is 1. The molecule has 0 radical (unpaired) electrons. The van der Waals surface area contributed by atoms with Crippen LogP contribution in [0, 0.1) is 0 Å². The molecule has 0 aliphatic carbocycles. The number of nitrogens with zero attached hydrogens (tertiary/aromatic N) is 4. The summed E-state index contributed by atoms with van der Waals surface area (Å²) in [6.07, 6.45) is -0.177. The van der Waals surface area contributed by atoms with E-state index in [0.717, 1.165) is 11.3 Å². The molecule has 10 heteroatoms. The zero-order chi connectivity index (χ0) is 27.3. The van der Waals surface area contributed by atoms with Crippen molar-refractivity contribution < 1.29 is 29.0 Å². The molecule has 2 aliphatic heterocycles. The van der Waals surface area contributed by atoms with Gasteiger partial charge in [0.25, 0.3) is 5.91 Å². The highest BCUT2D eigenvalue weighted by Gasteiger charge is 2.54. The van der Waals surface area contributed by atoms with Gasteiger partial charge in [-0.3, -0.25) is 9.59 Å². The summed E-state index contributed by atoms with van der Waals surface area (Å²) in [6, 6.07) is 16.5. The highest BCUT2D eigenvalue weighted by atomic mass is 16.5. The number of esters is 1. The molecular formula is C28H34N4O6. The van der Waals surface area contributed by atoms with E-state index in [1.807, 2.05) is 50.2 Å². The first-order valence-corrected chi connectivity index (χ1v) is 12.9. The van der Waals surface area contributed by atoms with Crippen molar-refractivity contribution in [1.82, 2.24) is 14.7 Å². The molecule has 202 valence electrons. The summed E-state index contributed by atoms with van der Waals surface area (Å²) in [4.78, 5) is 56.9. The van der Waals surface area contributed by atoms with Gasteiger partial charge in [-0.25, -0.2) is 9.59 Å². The van der Waals surface area contributed by atoms with E-state index in [1.54, 1.807) is 28.0 Å². The fourth-order valence-electron chi connectivity index (χ4n) is 5.29. The molecule has 2 aromatic carbocycles. The molecule has 0 bridgehead atoms. The molecule has 10 nitrogen and oxygen atoms in total. The second-order valence-corrected chi connectivity index (χ2v) is 9.55. The molecule has 0 atom stereocenters. The molecule has 0 unspecified atom stereocenters. The lowest BCUT2D eigenvalue weighted by molar-refractivity contribution is -0.134. The molecule has 1 N–H and O–H groups in total. The van der Waals surface area contributed by atoms with E-state index in [1.165, 1.54) is 4.90 Å². The van der Waals surface area contributed by atoms with Gasteiger partial charge in [0.1, 0.15) is 5.54 Å². The Morgan fingerprint density at radius 3 is 2.32 bits per heavy atom. The van der Waals surface area contributed by atoms with Gasteiger partial charge in [-0.1, -0.05) is 30.3 Å². The first-order valence-electron chi connectivity index (χ1n) is 12.9. The monoisotopic (exact) mass is 522 g/mol. The van der Waals surface area contributed by atoms with Crippen LogP contribution in [0.25, 0.3) is 0 Å². The third kappa shape index (κ3) is 5.44. The topological polar surface area (TPSA) is 111 Å². The molecule has 1 spiro atoms. The molecule has 2 fully saturated rings. The van der Waals surface area contributed by atoms with E-state index in [9.17, 15) is 24.3 Å². The van der Waals surface area contributed by atoms with E-state index < -0.39 is 17.6 Å². The number of carbonyl (C=O) groups is 4. The van der Waals surface area contributed by atoms with Crippen molar-refractivity contribution in [3.8, 4) is 0 Å². The fraction of sp³-hybridized carbons (Fsp3) is 0.429. The molecular weight excluding hydrogens is 488 g/mol. The predicted octanol–water partition coefficient (Wildman–Crippen LogP) is 3.03. The van der Waals surface area contributed by atoms with Gasteiger partial charge in [0, 0.05) is 38.4 Å². The molecule has 2 aliphatic rings. The number of carbonyl (C=O) groups excluding carboxylic acids is 3. The fourth-order valence-corrected chi connectivity index (χ4v) is 5.29. The maximum absolute atomic E-state index is 13.8. The zero-order valence-electron chi connectivity index (χ0n) is 21.8. The Hall–Kier alpha value is -4.08. The van der Waals surface area contributed by atoms with Crippen LogP contribution >= 0.6 is 0 Å². The number of benzene rings is 2. The molecule has 0 aromatic heterocycles. The molecule has 4 rings (SSSR count). The Bertz CT molecular complexity index is 1170. The van der Waals surface area contributed by atoms with Crippen LogP contribution in [0.15, 0.2) is 54.6 Å². The average Bonchev–Trinajstić information content (AvgIpc) is 3.19. The Balaban J connectivity index is 1.49. The first kappa shape index (κ1) is 27.0. The minimum Gasteiger partial charge on any atom is -0.465 e. The number of hydrogen-bond acceptors (Lipinski definition) is 6. The Morgan fingerprint density at radius 2 is 1.68 bits per heavy atom. The number of likely N-dealkylation sites (tertiary alicyclic amines) is 1. The summed E-state index contributed by atoms with van der Waals surface area (Å²) in [5, 5.41) is 9.41. The highest BCUT2D eigenvalue weighted by Crippen LogP contribution is 2.40. The number of anilines is 1. The Labute approximate surface area is 222 Å². The first-order chi connectivity index (χ1) is 18.3. The summed E-state index contributed by atoms with van der Waals surface area (Å²) >= 11 is 0. The number of likely N-dealkylation sites (N-methyl/N-ethyl adjacent to an activating group) is 1. The van der Waals surface area contributed by atoms with Gasteiger partial charge in [0.05, 0.1) is 12.2 Å². The smallest absolute Gasteiger partial charge is 0.407 e. The minimum atomic E-state index is -0.976. The lowest BCUT2D eigenvalue weighted by Gasteiger charge is -2.42. The van der Waals surface area contributed by atoms with Crippen LogP contribution < -0.4 is 4.90 Å². The molecule has 2 aromatic rings. The highest BCUT2D eigenvalue weighted by molar-refractivity contribution is 5.94. The van der Waals surface area contributed by atoms with Gasteiger partial charge in [0.2, 0.25) is 5.91 Å². The minimum absolute atomic E-state index is 0.0517. The van der Waals surface area contributed by atoms with Gasteiger partial charge >= 0.3 is 12.1 Å². The van der Waals surface area contributed by atoms with E-state index in [0.29, 0.717) is 38.2 Å². The van der Waals surface area contributed by atoms with Crippen molar-refractivity contribution >= 4 is 29.6 Å².